The molecule has 1 aromatic carbocycles. The molecule has 1 amide bonds. The van der Waals surface area contributed by atoms with Crippen molar-refractivity contribution in [3.05, 3.63) is 35.6 Å². The highest BCUT2D eigenvalue weighted by Gasteiger charge is 2.56. The number of likely N-dealkylation sites (tertiary alicyclic amines) is 1. The fourth-order valence-electron chi connectivity index (χ4n) is 4.46. The molecule has 2 aromatic rings. The standard InChI is InChI=1S/C20H25NO4/c1-3-24-17-12-16(22)20(17)8-10-21(11-9-20)19(23)18-13(2)14-6-4-5-7-15(14)25-18/h4-7,16-17,22H,3,8-12H2,1-2H3. The molecule has 1 N–H and O–H groups in total. The molecule has 2 fully saturated rings. The van der Waals surface area contributed by atoms with Gasteiger partial charge in [0.1, 0.15) is 5.58 Å². The number of fused-ring (bicyclic) bond motifs is 1. The lowest BCUT2D eigenvalue weighted by molar-refractivity contribution is -0.207. The van der Waals surface area contributed by atoms with Crippen LogP contribution < -0.4 is 0 Å². The predicted molar refractivity (Wildman–Crippen MR) is 94.6 cm³/mol. The third kappa shape index (κ3) is 2.49. The van der Waals surface area contributed by atoms with E-state index < -0.39 is 0 Å². The van der Waals surface area contributed by atoms with E-state index in [4.69, 9.17) is 9.15 Å². The molecule has 2 heterocycles. The zero-order valence-corrected chi connectivity index (χ0v) is 14.8. The van der Waals surface area contributed by atoms with Gasteiger partial charge in [0, 0.05) is 42.5 Å². The second-order valence-electron chi connectivity index (χ2n) is 7.27. The fraction of sp³-hybridized carbons (Fsp3) is 0.550. The van der Waals surface area contributed by atoms with Crippen molar-refractivity contribution < 1.29 is 19.1 Å². The smallest absolute Gasteiger partial charge is 0.289 e. The molecule has 5 heteroatoms. The number of nitrogens with zero attached hydrogens (tertiary/aromatic N) is 1. The van der Waals surface area contributed by atoms with Gasteiger partial charge in [-0.05, 0) is 32.8 Å². The minimum absolute atomic E-state index is 0.0506. The summed E-state index contributed by atoms with van der Waals surface area (Å²) in [6.45, 7) is 5.86. The normalized spacial score (nSPS) is 25.3. The van der Waals surface area contributed by atoms with E-state index in [1.807, 2.05) is 43.0 Å². The van der Waals surface area contributed by atoms with Gasteiger partial charge in [-0.3, -0.25) is 4.79 Å². The first-order valence-corrected chi connectivity index (χ1v) is 9.14. The van der Waals surface area contributed by atoms with Crippen molar-refractivity contribution in [3.8, 4) is 0 Å². The van der Waals surface area contributed by atoms with E-state index in [1.165, 1.54) is 0 Å². The molecule has 1 aliphatic heterocycles. The van der Waals surface area contributed by atoms with Crippen LogP contribution in [0.5, 0.6) is 0 Å². The lowest BCUT2D eigenvalue weighted by Crippen LogP contribution is -2.62. The molecule has 4 rings (SSSR count). The largest absolute Gasteiger partial charge is 0.451 e. The first kappa shape index (κ1) is 16.6. The molecule has 2 aliphatic rings. The number of aliphatic hydroxyl groups excluding tert-OH is 1. The summed E-state index contributed by atoms with van der Waals surface area (Å²) in [5.74, 6) is 0.387. The lowest BCUT2D eigenvalue weighted by atomic mass is 9.58. The summed E-state index contributed by atoms with van der Waals surface area (Å²) in [7, 11) is 0. The zero-order chi connectivity index (χ0) is 17.6. The molecule has 0 radical (unpaired) electrons. The summed E-state index contributed by atoms with van der Waals surface area (Å²) in [6.07, 6.45) is 2.09. The van der Waals surface area contributed by atoms with Gasteiger partial charge in [-0.1, -0.05) is 18.2 Å². The topological polar surface area (TPSA) is 62.9 Å². The van der Waals surface area contributed by atoms with Crippen LogP contribution in [0.2, 0.25) is 0 Å². The summed E-state index contributed by atoms with van der Waals surface area (Å²) in [5, 5.41) is 11.3. The van der Waals surface area contributed by atoms with Gasteiger partial charge in [0.05, 0.1) is 12.2 Å². The third-order valence-electron chi connectivity index (χ3n) is 6.13. The number of piperidine rings is 1. The van der Waals surface area contributed by atoms with Gasteiger partial charge in [0.25, 0.3) is 5.91 Å². The second kappa shape index (κ2) is 6.15. The molecule has 1 saturated carbocycles. The van der Waals surface area contributed by atoms with Crippen molar-refractivity contribution in [2.45, 2.75) is 45.3 Å². The molecular formula is C20H25NO4. The summed E-state index contributed by atoms with van der Waals surface area (Å²) >= 11 is 0. The number of carbonyl (C=O) groups is 1. The van der Waals surface area contributed by atoms with Gasteiger partial charge in [-0.2, -0.15) is 0 Å². The van der Waals surface area contributed by atoms with Crippen molar-refractivity contribution in [3.63, 3.8) is 0 Å². The van der Waals surface area contributed by atoms with E-state index in [9.17, 15) is 9.90 Å². The summed E-state index contributed by atoms with van der Waals surface area (Å²) in [4.78, 5) is 14.8. The van der Waals surface area contributed by atoms with Gasteiger partial charge in [-0.25, -0.2) is 0 Å². The van der Waals surface area contributed by atoms with Crippen molar-refractivity contribution in [2.75, 3.05) is 19.7 Å². The zero-order valence-electron chi connectivity index (χ0n) is 14.8. The first-order chi connectivity index (χ1) is 12.1. The number of aliphatic hydroxyl groups is 1. The number of amides is 1. The Morgan fingerprint density at radius 1 is 1.36 bits per heavy atom. The number of carbonyl (C=O) groups excluding carboxylic acids is 1. The Kier molecular flexibility index (Phi) is 4.08. The Labute approximate surface area is 147 Å². The number of ether oxygens (including phenoxy) is 1. The number of rotatable bonds is 3. The van der Waals surface area contributed by atoms with E-state index in [-0.39, 0.29) is 23.5 Å². The Morgan fingerprint density at radius 3 is 2.72 bits per heavy atom. The van der Waals surface area contributed by atoms with Crippen LogP contribution in [0, 0.1) is 12.3 Å². The minimum Gasteiger partial charge on any atom is -0.451 e. The van der Waals surface area contributed by atoms with E-state index in [0.29, 0.717) is 31.9 Å². The summed E-state index contributed by atoms with van der Waals surface area (Å²) in [5.41, 5.74) is 1.48. The van der Waals surface area contributed by atoms with Gasteiger partial charge >= 0.3 is 0 Å². The molecule has 1 saturated heterocycles. The van der Waals surface area contributed by atoms with Gasteiger partial charge in [0.2, 0.25) is 0 Å². The van der Waals surface area contributed by atoms with Gasteiger partial charge in [-0.15, -0.1) is 0 Å². The Morgan fingerprint density at radius 2 is 2.08 bits per heavy atom. The van der Waals surface area contributed by atoms with Crippen LogP contribution in [0.4, 0.5) is 0 Å². The summed E-state index contributed by atoms with van der Waals surface area (Å²) < 4.78 is 11.6. The molecular weight excluding hydrogens is 318 g/mol. The highest BCUT2D eigenvalue weighted by molar-refractivity contribution is 5.98. The van der Waals surface area contributed by atoms with Crippen molar-refractivity contribution in [2.24, 2.45) is 5.41 Å². The van der Waals surface area contributed by atoms with E-state index in [0.717, 1.165) is 29.4 Å². The second-order valence-corrected chi connectivity index (χ2v) is 7.27. The van der Waals surface area contributed by atoms with E-state index in [2.05, 4.69) is 0 Å². The average molecular weight is 343 g/mol. The summed E-state index contributed by atoms with van der Waals surface area (Å²) in [6, 6.07) is 7.74. The molecule has 1 aliphatic carbocycles. The van der Waals surface area contributed by atoms with E-state index >= 15 is 0 Å². The van der Waals surface area contributed by atoms with Crippen molar-refractivity contribution in [1.29, 1.82) is 0 Å². The highest BCUT2D eigenvalue weighted by Crippen LogP contribution is 2.51. The van der Waals surface area contributed by atoms with Crippen LogP contribution in [-0.2, 0) is 4.74 Å². The molecule has 2 atom stereocenters. The number of aryl methyl sites for hydroxylation is 1. The third-order valence-corrected chi connectivity index (χ3v) is 6.13. The molecule has 5 nitrogen and oxygen atoms in total. The quantitative estimate of drug-likeness (QED) is 0.930. The van der Waals surface area contributed by atoms with Crippen molar-refractivity contribution in [1.82, 2.24) is 4.90 Å². The Balaban J connectivity index is 1.50. The maximum atomic E-state index is 12.9. The first-order valence-electron chi connectivity index (χ1n) is 9.14. The van der Waals surface area contributed by atoms with E-state index in [1.54, 1.807) is 0 Å². The Bertz CT molecular complexity index is 786. The SMILES string of the molecule is CCOC1CC(O)C12CCN(C(=O)c1oc3ccccc3c1C)CC2. The van der Waals surface area contributed by atoms with Gasteiger partial charge < -0.3 is 19.2 Å². The number of hydrogen-bond donors (Lipinski definition) is 1. The molecule has 0 bridgehead atoms. The number of benzene rings is 1. The Hall–Kier alpha value is -1.85. The molecule has 25 heavy (non-hydrogen) atoms. The highest BCUT2D eigenvalue weighted by atomic mass is 16.5. The number of para-hydroxylation sites is 1. The lowest BCUT2D eigenvalue weighted by Gasteiger charge is -2.56. The van der Waals surface area contributed by atoms with Crippen LogP contribution in [0.25, 0.3) is 11.0 Å². The molecule has 134 valence electrons. The van der Waals surface area contributed by atoms with Crippen molar-refractivity contribution >= 4 is 16.9 Å². The monoisotopic (exact) mass is 343 g/mol. The maximum absolute atomic E-state index is 12.9. The molecule has 1 aromatic heterocycles. The fourth-order valence-corrected chi connectivity index (χ4v) is 4.46. The number of hydrogen-bond acceptors (Lipinski definition) is 4. The van der Waals surface area contributed by atoms with Crippen LogP contribution in [0.15, 0.2) is 28.7 Å². The van der Waals surface area contributed by atoms with Crippen LogP contribution in [-0.4, -0.2) is 47.8 Å². The number of furan rings is 1. The molecule has 1 spiro atoms. The van der Waals surface area contributed by atoms with Crippen LogP contribution >= 0.6 is 0 Å². The maximum Gasteiger partial charge on any atom is 0.289 e. The van der Waals surface area contributed by atoms with Crippen LogP contribution in [0.3, 0.4) is 0 Å². The van der Waals surface area contributed by atoms with Crippen LogP contribution in [0.1, 0.15) is 42.3 Å². The van der Waals surface area contributed by atoms with Gasteiger partial charge in [0.15, 0.2) is 5.76 Å². The average Bonchev–Trinajstić information content (AvgIpc) is 2.98. The predicted octanol–water partition coefficient (Wildman–Crippen LogP) is 3.13. The minimum atomic E-state index is -0.311. The molecule has 2 unspecified atom stereocenters.